The van der Waals surface area contributed by atoms with Crippen LogP contribution in [0, 0.1) is 6.92 Å². The highest BCUT2D eigenvalue weighted by atomic mass is 127. The first kappa shape index (κ1) is 22.1. The highest BCUT2D eigenvalue weighted by molar-refractivity contribution is 14.0. The molecule has 0 amide bonds. The van der Waals surface area contributed by atoms with E-state index in [-0.39, 0.29) is 24.0 Å². The van der Waals surface area contributed by atoms with Crippen molar-refractivity contribution < 1.29 is 4.52 Å². The van der Waals surface area contributed by atoms with Crippen LogP contribution in [-0.2, 0) is 6.42 Å². The quantitative estimate of drug-likeness (QED) is 0.266. The molecule has 144 valence electrons. The summed E-state index contributed by atoms with van der Waals surface area (Å²) in [5.41, 5.74) is 0. The van der Waals surface area contributed by atoms with Gasteiger partial charge < -0.3 is 15.2 Å². The number of rotatable bonds is 8. The van der Waals surface area contributed by atoms with Crippen LogP contribution < -0.4 is 10.6 Å². The molecule has 1 saturated heterocycles. The molecule has 0 aliphatic carbocycles. The molecule has 0 radical (unpaired) electrons. The molecule has 0 spiro atoms. The highest BCUT2D eigenvalue weighted by Crippen LogP contribution is 2.18. The van der Waals surface area contributed by atoms with Gasteiger partial charge in [0.15, 0.2) is 11.8 Å². The second-order valence-corrected chi connectivity index (χ2v) is 6.36. The van der Waals surface area contributed by atoms with Gasteiger partial charge in [-0.25, -0.2) is 0 Å². The predicted octanol–water partition coefficient (Wildman–Crippen LogP) is 2.36. The van der Waals surface area contributed by atoms with Crippen molar-refractivity contribution >= 4 is 29.9 Å². The van der Waals surface area contributed by atoms with Crippen LogP contribution in [0.15, 0.2) is 9.52 Å². The zero-order valence-electron chi connectivity index (χ0n) is 15.8. The molecule has 2 N–H and O–H groups in total. The molecule has 7 nitrogen and oxygen atoms in total. The van der Waals surface area contributed by atoms with Crippen LogP contribution in [0.4, 0.5) is 0 Å². The Morgan fingerprint density at radius 1 is 1.32 bits per heavy atom. The summed E-state index contributed by atoms with van der Waals surface area (Å²) in [4.78, 5) is 11.1. The fourth-order valence-electron chi connectivity index (χ4n) is 3.24. The second kappa shape index (κ2) is 12.5. The van der Waals surface area contributed by atoms with Crippen LogP contribution >= 0.6 is 24.0 Å². The van der Waals surface area contributed by atoms with Crippen LogP contribution in [0.1, 0.15) is 50.7 Å². The average molecular weight is 464 g/mol. The van der Waals surface area contributed by atoms with E-state index in [1.54, 1.807) is 0 Å². The lowest BCUT2D eigenvalue weighted by Crippen LogP contribution is -2.46. The van der Waals surface area contributed by atoms with Crippen molar-refractivity contribution in [1.82, 2.24) is 25.7 Å². The minimum atomic E-state index is 0. The molecule has 25 heavy (non-hydrogen) atoms. The maximum atomic E-state index is 5.11. The van der Waals surface area contributed by atoms with Crippen molar-refractivity contribution in [1.29, 1.82) is 0 Å². The van der Waals surface area contributed by atoms with E-state index in [9.17, 15) is 0 Å². The van der Waals surface area contributed by atoms with Crippen molar-refractivity contribution in [3.8, 4) is 0 Å². The molecule has 1 aliphatic rings. The van der Waals surface area contributed by atoms with Gasteiger partial charge in [-0.2, -0.15) is 4.98 Å². The summed E-state index contributed by atoms with van der Waals surface area (Å²) in [6.07, 6.45) is 7.04. The van der Waals surface area contributed by atoms with E-state index in [1.165, 1.54) is 32.2 Å². The van der Waals surface area contributed by atoms with Gasteiger partial charge in [0.2, 0.25) is 5.89 Å². The van der Waals surface area contributed by atoms with Gasteiger partial charge >= 0.3 is 0 Å². The summed E-state index contributed by atoms with van der Waals surface area (Å²) in [5, 5.41) is 10.5. The lowest BCUT2D eigenvalue weighted by Gasteiger charge is -2.35. The molecule has 0 aromatic carbocycles. The van der Waals surface area contributed by atoms with Crippen molar-refractivity contribution in [2.75, 3.05) is 33.2 Å². The van der Waals surface area contributed by atoms with Gasteiger partial charge in [0.25, 0.3) is 0 Å². The van der Waals surface area contributed by atoms with Crippen LogP contribution in [0.5, 0.6) is 0 Å². The number of hydrogen-bond donors (Lipinski definition) is 2. The third-order valence-electron chi connectivity index (χ3n) is 4.56. The SMILES string of the molecule is CCC1CCCCN1CCNC(=NC)NCCCc1nc(C)no1.I. The van der Waals surface area contributed by atoms with E-state index in [2.05, 4.69) is 37.6 Å². The average Bonchev–Trinajstić information content (AvgIpc) is 3.02. The maximum absolute atomic E-state index is 5.11. The van der Waals surface area contributed by atoms with E-state index < -0.39 is 0 Å². The Kier molecular flexibility index (Phi) is 11.0. The van der Waals surface area contributed by atoms with Gasteiger partial charge in [0.1, 0.15) is 0 Å². The lowest BCUT2D eigenvalue weighted by molar-refractivity contribution is 0.147. The van der Waals surface area contributed by atoms with Gasteiger partial charge in [-0.05, 0) is 39.2 Å². The third kappa shape index (κ3) is 7.89. The van der Waals surface area contributed by atoms with Crippen molar-refractivity contribution in [2.45, 2.75) is 58.4 Å². The molecule has 0 bridgehead atoms. The standard InChI is InChI=1S/C17H32N6O.HI/c1-4-15-8-5-6-12-23(15)13-11-20-17(18-3)19-10-7-9-16-21-14(2)22-24-16;/h15H,4-13H2,1-3H3,(H2,18,19,20);1H. The number of aryl methyl sites for hydroxylation is 2. The number of nitrogens with one attached hydrogen (secondary N) is 2. The minimum absolute atomic E-state index is 0. The van der Waals surface area contributed by atoms with Crippen LogP contribution in [-0.4, -0.2) is 60.3 Å². The fourth-order valence-corrected chi connectivity index (χ4v) is 3.24. The molecular weight excluding hydrogens is 431 g/mol. The summed E-state index contributed by atoms with van der Waals surface area (Å²) >= 11 is 0. The summed E-state index contributed by atoms with van der Waals surface area (Å²) in [5.74, 6) is 2.26. The fraction of sp³-hybridized carbons (Fsp3) is 0.824. The number of aromatic nitrogens is 2. The molecule has 2 heterocycles. The molecule has 2 rings (SSSR count). The maximum Gasteiger partial charge on any atom is 0.226 e. The zero-order chi connectivity index (χ0) is 17.2. The number of likely N-dealkylation sites (tertiary alicyclic amines) is 1. The summed E-state index contributed by atoms with van der Waals surface area (Å²) in [7, 11) is 1.81. The lowest BCUT2D eigenvalue weighted by atomic mass is 10.0. The third-order valence-corrected chi connectivity index (χ3v) is 4.56. The Balaban J connectivity index is 0.00000312. The van der Waals surface area contributed by atoms with Gasteiger partial charge in [-0.3, -0.25) is 9.89 Å². The number of halogens is 1. The number of guanidine groups is 1. The molecule has 1 atom stereocenters. The first-order valence-electron chi connectivity index (χ1n) is 9.20. The van der Waals surface area contributed by atoms with Crippen LogP contribution in [0.3, 0.4) is 0 Å². The number of nitrogens with zero attached hydrogens (tertiary/aromatic N) is 4. The Morgan fingerprint density at radius 3 is 2.80 bits per heavy atom. The molecule has 1 aromatic heterocycles. The predicted molar refractivity (Wildman–Crippen MR) is 112 cm³/mol. The van der Waals surface area contributed by atoms with E-state index in [0.717, 1.165) is 44.5 Å². The molecule has 1 fully saturated rings. The van der Waals surface area contributed by atoms with Crippen molar-refractivity contribution in [3.63, 3.8) is 0 Å². The Labute approximate surface area is 168 Å². The molecular formula is C17H33IN6O. The Bertz CT molecular complexity index is 507. The van der Waals surface area contributed by atoms with Crippen molar-refractivity contribution in [3.05, 3.63) is 11.7 Å². The van der Waals surface area contributed by atoms with Gasteiger partial charge in [-0.15, -0.1) is 24.0 Å². The van der Waals surface area contributed by atoms with Crippen LogP contribution in [0.25, 0.3) is 0 Å². The van der Waals surface area contributed by atoms with Crippen LogP contribution in [0.2, 0.25) is 0 Å². The van der Waals surface area contributed by atoms with E-state index in [1.807, 2.05) is 14.0 Å². The topological polar surface area (TPSA) is 78.6 Å². The summed E-state index contributed by atoms with van der Waals surface area (Å²) in [6.45, 7) is 8.21. The number of aliphatic imine (C=N–C) groups is 1. The van der Waals surface area contributed by atoms with E-state index in [4.69, 9.17) is 4.52 Å². The Morgan fingerprint density at radius 2 is 2.12 bits per heavy atom. The first-order valence-corrected chi connectivity index (χ1v) is 9.20. The molecule has 0 saturated carbocycles. The van der Waals surface area contributed by atoms with Crippen molar-refractivity contribution in [2.24, 2.45) is 4.99 Å². The summed E-state index contributed by atoms with van der Waals surface area (Å²) < 4.78 is 5.11. The second-order valence-electron chi connectivity index (χ2n) is 6.36. The monoisotopic (exact) mass is 464 g/mol. The minimum Gasteiger partial charge on any atom is -0.356 e. The van der Waals surface area contributed by atoms with E-state index in [0.29, 0.717) is 11.7 Å². The smallest absolute Gasteiger partial charge is 0.226 e. The van der Waals surface area contributed by atoms with E-state index >= 15 is 0 Å². The number of piperidine rings is 1. The largest absolute Gasteiger partial charge is 0.356 e. The molecule has 1 aliphatic heterocycles. The first-order chi connectivity index (χ1) is 11.7. The van der Waals surface area contributed by atoms with Gasteiger partial charge in [-0.1, -0.05) is 18.5 Å². The Hall–Kier alpha value is -0.900. The molecule has 1 unspecified atom stereocenters. The number of hydrogen-bond acceptors (Lipinski definition) is 5. The zero-order valence-corrected chi connectivity index (χ0v) is 18.1. The molecule has 1 aromatic rings. The molecule has 8 heteroatoms. The van der Waals surface area contributed by atoms with Gasteiger partial charge in [0.05, 0.1) is 0 Å². The highest BCUT2D eigenvalue weighted by Gasteiger charge is 2.19. The van der Waals surface area contributed by atoms with Gasteiger partial charge in [0, 0.05) is 39.1 Å². The summed E-state index contributed by atoms with van der Waals surface area (Å²) in [6, 6.07) is 0.758. The normalized spacial score (nSPS) is 18.7.